The summed E-state index contributed by atoms with van der Waals surface area (Å²) in [6.07, 6.45) is -0.932. The van der Waals surface area contributed by atoms with Gasteiger partial charge in [0.25, 0.3) is 5.91 Å². The summed E-state index contributed by atoms with van der Waals surface area (Å²) in [5.74, 6) is -3.28. The van der Waals surface area contributed by atoms with Gasteiger partial charge in [-0.1, -0.05) is 44.2 Å². The fourth-order valence-electron chi connectivity index (χ4n) is 3.88. The SMILES string of the molecule is CC(C)C[C@H](NC(=O)[C@@H](O)Cc1ccccc1)C(=O)N[C@@H](CCCN=C(N)N)C(=O)N[C@H]1CC(=O)NNC1=O. The van der Waals surface area contributed by atoms with Crippen LogP contribution in [0.1, 0.15) is 45.1 Å². The summed E-state index contributed by atoms with van der Waals surface area (Å²) < 4.78 is 0. The molecule has 0 aliphatic carbocycles. The molecule has 1 aliphatic heterocycles. The number of aliphatic hydroxyl groups is 1. The summed E-state index contributed by atoms with van der Waals surface area (Å²) in [5.41, 5.74) is 15.8. The summed E-state index contributed by atoms with van der Waals surface area (Å²) in [4.78, 5) is 66.6. The molecule has 1 heterocycles. The van der Waals surface area contributed by atoms with Crippen molar-refractivity contribution in [2.24, 2.45) is 22.4 Å². The molecule has 1 aromatic rings. The first-order valence-corrected chi connectivity index (χ1v) is 12.7. The highest BCUT2D eigenvalue weighted by atomic mass is 16.3. The van der Waals surface area contributed by atoms with Crippen LogP contribution in [0.4, 0.5) is 0 Å². The van der Waals surface area contributed by atoms with Gasteiger partial charge in [-0.3, -0.25) is 39.8 Å². The van der Waals surface area contributed by atoms with E-state index in [0.29, 0.717) is 6.42 Å². The molecule has 0 unspecified atom stereocenters. The molecule has 0 aromatic heterocycles. The third-order valence-electron chi connectivity index (χ3n) is 5.84. The number of hydrogen-bond donors (Lipinski definition) is 8. The maximum Gasteiger partial charge on any atom is 0.261 e. The fourth-order valence-corrected chi connectivity index (χ4v) is 3.88. The fraction of sp³-hybridized carbons (Fsp3) is 0.520. The molecule has 5 amide bonds. The van der Waals surface area contributed by atoms with Gasteiger partial charge in [-0.15, -0.1) is 0 Å². The number of guanidine groups is 1. The molecule has 0 bridgehead atoms. The lowest BCUT2D eigenvalue weighted by molar-refractivity contribution is -0.139. The van der Waals surface area contributed by atoms with E-state index in [1.165, 1.54) is 0 Å². The summed E-state index contributed by atoms with van der Waals surface area (Å²) in [5, 5.41) is 18.1. The van der Waals surface area contributed by atoms with Gasteiger partial charge in [-0.2, -0.15) is 0 Å². The molecule has 10 N–H and O–H groups in total. The van der Waals surface area contributed by atoms with E-state index < -0.39 is 53.8 Å². The number of rotatable bonds is 14. The number of amides is 5. The monoisotopic (exact) mass is 546 g/mol. The molecule has 14 nitrogen and oxygen atoms in total. The standard InChI is InChI=1S/C25H38N8O6/c1-14(2)11-17(31-24(39)19(34)12-15-7-4-3-5-8-15)22(37)29-16(9-6-10-28-25(26)27)21(36)30-18-13-20(35)32-33-23(18)38/h3-5,7-8,14,16-19,34H,6,9-13H2,1-2H3,(H,29,37)(H,30,36)(H,31,39)(H,32,35)(H,33,38)(H4,26,27,28)/t16-,17-,18-,19-/m0/s1. The Balaban J connectivity index is 2.11. The Morgan fingerprint density at radius 1 is 1.03 bits per heavy atom. The minimum absolute atomic E-state index is 0.00842. The lowest BCUT2D eigenvalue weighted by atomic mass is 10.0. The van der Waals surface area contributed by atoms with Crippen molar-refractivity contribution in [2.45, 2.75) is 70.2 Å². The van der Waals surface area contributed by atoms with Gasteiger partial charge in [0.1, 0.15) is 24.2 Å². The zero-order chi connectivity index (χ0) is 28.9. The van der Waals surface area contributed by atoms with E-state index in [4.69, 9.17) is 11.5 Å². The number of nitrogens with two attached hydrogens (primary N) is 2. The summed E-state index contributed by atoms with van der Waals surface area (Å²) in [7, 11) is 0. The zero-order valence-electron chi connectivity index (χ0n) is 22.1. The maximum atomic E-state index is 13.3. The van der Waals surface area contributed by atoms with Crippen LogP contribution in [0.25, 0.3) is 0 Å². The molecule has 0 radical (unpaired) electrons. The molecule has 0 spiro atoms. The van der Waals surface area contributed by atoms with E-state index in [-0.39, 0.29) is 44.1 Å². The molecule has 1 aliphatic rings. The van der Waals surface area contributed by atoms with Crippen LogP contribution < -0.4 is 38.3 Å². The van der Waals surface area contributed by atoms with Gasteiger partial charge in [0.05, 0.1) is 6.42 Å². The Labute approximate surface area is 226 Å². The number of carbonyl (C=O) groups is 5. The Morgan fingerprint density at radius 3 is 2.33 bits per heavy atom. The van der Waals surface area contributed by atoms with E-state index in [2.05, 4.69) is 31.8 Å². The number of aliphatic hydroxyl groups excluding tert-OH is 1. The van der Waals surface area contributed by atoms with Gasteiger partial charge in [0.2, 0.25) is 23.6 Å². The highest BCUT2D eigenvalue weighted by Crippen LogP contribution is 2.10. The molecule has 1 saturated heterocycles. The number of nitrogens with zero attached hydrogens (tertiary/aromatic N) is 1. The van der Waals surface area contributed by atoms with Gasteiger partial charge in [-0.05, 0) is 30.7 Å². The van der Waals surface area contributed by atoms with Crippen LogP contribution in [-0.4, -0.2) is 71.4 Å². The van der Waals surface area contributed by atoms with Crippen LogP contribution >= 0.6 is 0 Å². The molecule has 1 fully saturated rings. The predicted molar refractivity (Wildman–Crippen MR) is 142 cm³/mol. The predicted octanol–water partition coefficient (Wildman–Crippen LogP) is -2.30. The molecule has 39 heavy (non-hydrogen) atoms. The minimum atomic E-state index is -1.38. The van der Waals surface area contributed by atoms with Crippen molar-refractivity contribution >= 4 is 35.5 Å². The first-order valence-electron chi connectivity index (χ1n) is 12.7. The molecule has 2 rings (SSSR count). The van der Waals surface area contributed by atoms with Gasteiger partial charge in [0.15, 0.2) is 5.96 Å². The van der Waals surface area contributed by atoms with E-state index >= 15 is 0 Å². The van der Waals surface area contributed by atoms with Gasteiger partial charge in [0, 0.05) is 13.0 Å². The Bertz CT molecular complexity index is 1040. The number of hydrazine groups is 1. The van der Waals surface area contributed by atoms with Crippen molar-refractivity contribution in [2.75, 3.05) is 6.54 Å². The van der Waals surface area contributed by atoms with Crippen LogP contribution in [0.2, 0.25) is 0 Å². The normalized spacial score (nSPS) is 17.2. The van der Waals surface area contributed by atoms with Crippen molar-refractivity contribution in [3.8, 4) is 0 Å². The first-order chi connectivity index (χ1) is 18.5. The average molecular weight is 547 g/mol. The number of benzene rings is 1. The quantitative estimate of drug-likeness (QED) is 0.0716. The number of aliphatic imine (C=N–C) groups is 1. The van der Waals surface area contributed by atoms with Gasteiger partial charge >= 0.3 is 0 Å². The molecule has 1 aromatic carbocycles. The lowest BCUT2D eigenvalue weighted by Gasteiger charge is -2.27. The number of hydrogen-bond acceptors (Lipinski definition) is 7. The van der Waals surface area contributed by atoms with Crippen molar-refractivity contribution in [1.82, 2.24) is 26.8 Å². The highest BCUT2D eigenvalue weighted by molar-refractivity contribution is 5.98. The maximum absolute atomic E-state index is 13.3. The van der Waals surface area contributed by atoms with Crippen LogP contribution in [0.5, 0.6) is 0 Å². The minimum Gasteiger partial charge on any atom is -0.383 e. The Kier molecular flexibility index (Phi) is 12.1. The highest BCUT2D eigenvalue weighted by Gasteiger charge is 2.33. The topological polar surface area (TPSA) is 230 Å². The van der Waals surface area contributed by atoms with Gasteiger partial charge in [-0.25, -0.2) is 0 Å². The van der Waals surface area contributed by atoms with Crippen molar-refractivity contribution in [3.05, 3.63) is 35.9 Å². The van der Waals surface area contributed by atoms with Crippen molar-refractivity contribution < 1.29 is 29.1 Å². The van der Waals surface area contributed by atoms with Crippen molar-refractivity contribution in [3.63, 3.8) is 0 Å². The van der Waals surface area contributed by atoms with Crippen LogP contribution in [0, 0.1) is 5.92 Å². The zero-order valence-corrected chi connectivity index (χ0v) is 22.1. The third kappa shape index (κ3) is 11.0. The molecule has 14 heteroatoms. The molecular formula is C25H38N8O6. The summed E-state index contributed by atoms with van der Waals surface area (Å²) in [6.45, 7) is 3.91. The molecular weight excluding hydrogens is 508 g/mol. The van der Waals surface area contributed by atoms with Crippen LogP contribution in [0.15, 0.2) is 35.3 Å². The Morgan fingerprint density at radius 2 is 1.69 bits per heavy atom. The number of nitrogens with one attached hydrogen (secondary N) is 5. The summed E-state index contributed by atoms with van der Waals surface area (Å²) >= 11 is 0. The Hall–Kier alpha value is -4.20. The second kappa shape index (κ2) is 15.3. The lowest BCUT2D eigenvalue weighted by Crippen LogP contribution is -2.62. The average Bonchev–Trinajstić information content (AvgIpc) is 2.87. The van der Waals surface area contributed by atoms with E-state index in [0.717, 1.165) is 5.56 Å². The van der Waals surface area contributed by atoms with Crippen LogP contribution in [0.3, 0.4) is 0 Å². The van der Waals surface area contributed by atoms with E-state index in [1.54, 1.807) is 24.3 Å². The second-order valence-corrected chi connectivity index (χ2v) is 9.71. The second-order valence-electron chi connectivity index (χ2n) is 9.71. The van der Waals surface area contributed by atoms with E-state index in [9.17, 15) is 29.1 Å². The largest absolute Gasteiger partial charge is 0.383 e. The molecule has 214 valence electrons. The van der Waals surface area contributed by atoms with Gasteiger partial charge < -0.3 is 32.5 Å². The van der Waals surface area contributed by atoms with E-state index in [1.807, 2.05) is 19.9 Å². The number of carbonyl (C=O) groups excluding carboxylic acids is 5. The van der Waals surface area contributed by atoms with Crippen LogP contribution in [-0.2, 0) is 30.4 Å². The summed E-state index contributed by atoms with van der Waals surface area (Å²) in [6, 6.07) is 5.66. The third-order valence-corrected chi connectivity index (χ3v) is 5.84. The van der Waals surface area contributed by atoms with Crippen molar-refractivity contribution in [1.29, 1.82) is 0 Å². The first kappa shape index (κ1) is 31.0. The molecule has 4 atom stereocenters. The molecule has 0 saturated carbocycles. The smallest absolute Gasteiger partial charge is 0.261 e.